The molecule has 1 N–H and O–H groups in total. The van der Waals surface area contributed by atoms with E-state index in [0.29, 0.717) is 46.1 Å². The van der Waals surface area contributed by atoms with Gasteiger partial charge in [0.25, 0.3) is 0 Å². The zero-order chi connectivity index (χ0) is 26.4. The Hall–Kier alpha value is -3.68. The molecule has 192 valence electrons. The minimum atomic E-state index is -0.614. The molecule has 3 aromatic rings. The van der Waals surface area contributed by atoms with E-state index in [1.807, 2.05) is 30.3 Å². The van der Waals surface area contributed by atoms with Gasteiger partial charge in [-0.2, -0.15) is 0 Å². The number of ether oxygens (including phenoxy) is 4. The molecular weight excluding hydrogens is 517 g/mol. The van der Waals surface area contributed by atoms with Crippen LogP contribution in [0.1, 0.15) is 36.6 Å². The van der Waals surface area contributed by atoms with Crippen LogP contribution in [0.25, 0.3) is 6.08 Å². The number of carbonyl (C=O) groups is 2. The van der Waals surface area contributed by atoms with Crippen LogP contribution < -0.4 is 19.5 Å². The Bertz CT molecular complexity index is 1320. The Morgan fingerprint density at radius 3 is 2.51 bits per heavy atom. The predicted octanol–water partition coefficient (Wildman–Crippen LogP) is 6.13. The summed E-state index contributed by atoms with van der Waals surface area (Å²) in [7, 11) is 0. The van der Waals surface area contributed by atoms with E-state index in [9.17, 15) is 9.59 Å². The average Bonchev–Trinajstić information content (AvgIpc) is 2.89. The molecule has 1 unspecified atom stereocenters. The van der Waals surface area contributed by atoms with Gasteiger partial charge in [0.05, 0.1) is 16.7 Å². The van der Waals surface area contributed by atoms with Crippen LogP contribution in [0, 0.1) is 0 Å². The number of amides is 1. The Kier molecular flexibility index (Phi) is 8.58. The third-order valence-corrected chi connectivity index (χ3v) is 6.12. The molecule has 1 aliphatic heterocycles. The lowest BCUT2D eigenvalue weighted by atomic mass is 10.1. The first-order valence-corrected chi connectivity index (χ1v) is 12.3. The van der Waals surface area contributed by atoms with Gasteiger partial charge in [-0.25, -0.2) is 4.79 Å². The molecule has 37 heavy (non-hydrogen) atoms. The highest BCUT2D eigenvalue weighted by molar-refractivity contribution is 6.42. The van der Waals surface area contributed by atoms with Gasteiger partial charge in [-0.3, -0.25) is 4.79 Å². The first kappa shape index (κ1) is 26.4. The standard InChI is InChI=1S/C28H25Cl2NO6/c1-3-34-28(33)24(31-17(2)32)13-18-5-11-25-26(14-18)36-16-27(37-25)20-6-8-21(9-7-20)35-15-19-4-10-22(29)23(30)12-19/h4-14,27H,3,15-16H2,1-2H3,(H,31,32)/b24-13-. The second-order valence-electron chi connectivity index (χ2n) is 8.19. The van der Waals surface area contributed by atoms with Gasteiger partial charge in [-0.1, -0.05) is 47.5 Å². The van der Waals surface area contributed by atoms with E-state index in [4.69, 9.17) is 42.1 Å². The maximum absolute atomic E-state index is 12.2. The number of rotatable bonds is 8. The number of hydrogen-bond donors (Lipinski definition) is 1. The zero-order valence-electron chi connectivity index (χ0n) is 20.3. The van der Waals surface area contributed by atoms with E-state index in [0.717, 1.165) is 11.1 Å². The summed E-state index contributed by atoms with van der Waals surface area (Å²) in [6.45, 7) is 3.89. The van der Waals surface area contributed by atoms with E-state index in [2.05, 4.69) is 5.32 Å². The maximum Gasteiger partial charge on any atom is 0.354 e. The largest absolute Gasteiger partial charge is 0.489 e. The normalized spacial score (nSPS) is 14.6. The molecule has 1 atom stereocenters. The molecule has 0 radical (unpaired) electrons. The minimum Gasteiger partial charge on any atom is -0.489 e. The van der Waals surface area contributed by atoms with Gasteiger partial charge in [0, 0.05) is 6.92 Å². The molecule has 0 spiro atoms. The van der Waals surface area contributed by atoms with Gasteiger partial charge in [-0.05, 0) is 66.1 Å². The van der Waals surface area contributed by atoms with Gasteiger partial charge in [0.1, 0.15) is 24.7 Å². The fraction of sp³-hybridized carbons (Fsp3) is 0.214. The summed E-state index contributed by atoms with van der Waals surface area (Å²) in [6.07, 6.45) is 1.23. The number of carbonyl (C=O) groups excluding carboxylic acids is 2. The Morgan fingerprint density at radius 1 is 1.03 bits per heavy atom. The summed E-state index contributed by atoms with van der Waals surface area (Å²) in [5.74, 6) is 0.839. The topological polar surface area (TPSA) is 83.1 Å². The third kappa shape index (κ3) is 6.96. The van der Waals surface area contributed by atoms with Crippen molar-refractivity contribution in [1.82, 2.24) is 5.32 Å². The van der Waals surface area contributed by atoms with E-state index < -0.39 is 5.97 Å². The Labute approximate surface area is 224 Å². The first-order chi connectivity index (χ1) is 17.8. The van der Waals surface area contributed by atoms with Crippen LogP contribution in [0.15, 0.2) is 66.4 Å². The molecule has 4 rings (SSSR count). The SMILES string of the molecule is CCOC(=O)/C(=C/c1ccc2c(c1)OCC(c1ccc(OCc3ccc(Cl)c(Cl)c3)cc1)O2)NC(C)=O. The summed E-state index contributed by atoms with van der Waals surface area (Å²) in [5.41, 5.74) is 2.55. The number of esters is 1. The third-order valence-electron chi connectivity index (χ3n) is 5.39. The molecule has 1 heterocycles. The van der Waals surface area contributed by atoms with Crippen molar-refractivity contribution in [2.45, 2.75) is 26.6 Å². The van der Waals surface area contributed by atoms with Gasteiger partial charge in [-0.15, -0.1) is 0 Å². The number of fused-ring (bicyclic) bond motifs is 1. The fourth-order valence-corrected chi connectivity index (χ4v) is 3.95. The van der Waals surface area contributed by atoms with Gasteiger partial charge >= 0.3 is 5.97 Å². The molecule has 0 saturated heterocycles. The maximum atomic E-state index is 12.2. The van der Waals surface area contributed by atoms with Crippen molar-refractivity contribution < 1.29 is 28.5 Å². The van der Waals surface area contributed by atoms with Crippen molar-refractivity contribution in [3.05, 3.63) is 93.1 Å². The smallest absolute Gasteiger partial charge is 0.354 e. The molecule has 9 heteroatoms. The lowest BCUT2D eigenvalue weighted by Crippen LogP contribution is -2.26. The second-order valence-corrected chi connectivity index (χ2v) is 9.00. The Morgan fingerprint density at radius 2 is 1.81 bits per heavy atom. The number of hydrogen-bond acceptors (Lipinski definition) is 6. The summed E-state index contributed by atoms with van der Waals surface area (Å²) >= 11 is 12.0. The molecule has 1 amide bonds. The van der Waals surface area contributed by atoms with Crippen LogP contribution in [0.3, 0.4) is 0 Å². The summed E-state index contributed by atoms with van der Waals surface area (Å²) in [4.78, 5) is 23.6. The van der Waals surface area contributed by atoms with Crippen LogP contribution in [0.2, 0.25) is 10.0 Å². The van der Waals surface area contributed by atoms with Crippen molar-refractivity contribution in [2.75, 3.05) is 13.2 Å². The molecule has 3 aromatic carbocycles. The highest BCUT2D eigenvalue weighted by atomic mass is 35.5. The fourth-order valence-electron chi connectivity index (χ4n) is 3.63. The summed E-state index contributed by atoms with van der Waals surface area (Å²) < 4.78 is 23.0. The van der Waals surface area contributed by atoms with E-state index >= 15 is 0 Å². The average molecular weight is 542 g/mol. The minimum absolute atomic E-state index is 0.0466. The highest BCUT2D eigenvalue weighted by Gasteiger charge is 2.23. The number of halogens is 2. The van der Waals surface area contributed by atoms with Crippen LogP contribution in [0.4, 0.5) is 0 Å². The molecule has 0 aliphatic carbocycles. The van der Waals surface area contributed by atoms with Crippen molar-refractivity contribution in [3.63, 3.8) is 0 Å². The van der Waals surface area contributed by atoms with Crippen LogP contribution in [0.5, 0.6) is 17.2 Å². The summed E-state index contributed by atoms with van der Waals surface area (Å²) in [5, 5.41) is 3.50. The van der Waals surface area contributed by atoms with Crippen LogP contribution in [-0.4, -0.2) is 25.1 Å². The van der Waals surface area contributed by atoms with Gasteiger partial charge < -0.3 is 24.3 Å². The van der Waals surface area contributed by atoms with E-state index in [1.54, 1.807) is 37.3 Å². The van der Waals surface area contributed by atoms with Crippen molar-refractivity contribution in [2.24, 2.45) is 0 Å². The number of benzene rings is 3. The van der Waals surface area contributed by atoms with Crippen molar-refractivity contribution in [3.8, 4) is 17.2 Å². The van der Waals surface area contributed by atoms with Crippen molar-refractivity contribution >= 4 is 41.2 Å². The second kappa shape index (κ2) is 12.0. The number of nitrogens with one attached hydrogen (secondary N) is 1. The first-order valence-electron chi connectivity index (χ1n) is 11.6. The quantitative estimate of drug-likeness (QED) is 0.273. The molecule has 0 saturated carbocycles. The van der Waals surface area contributed by atoms with Crippen LogP contribution in [-0.2, 0) is 20.9 Å². The summed E-state index contributed by atoms with van der Waals surface area (Å²) in [6, 6.07) is 18.3. The molecule has 0 fully saturated rings. The molecule has 0 bridgehead atoms. The highest BCUT2D eigenvalue weighted by Crippen LogP contribution is 2.37. The van der Waals surface area contributed by atoms with Gasteiger partial charge in [0.15, 0.2) is 17.6 Å². The molecule has 1 aliphatic rings. The lowest BCUT2D eigenvalue weighted by Gasteiger charge is -2.27. The molecule has 7 nitrogen and oxygen atoms in total. The van der Waals surface area contributed by atoms with E-state index in [-0.39, 0.29) is 24.3 Å². The van der Waals surface area contributed by atoms with E-state index in [1.165, 1.54) is 13.0 Å². The monoisotopic (exact) mass is 541 g/mol. The van der Waals surface area contributed by atoms with Gasteiger partial charge in [0.2, 0.25) is 5.91 Å². The predicted molar refractivity (Wildman–Crippen MR) is 141 cm³/mol. The van der Waals surface area contributed by atoms with Crippen molar-refractivity contribution in [1.29, 1.82) is 0 Å². The zero-order valence-corrected chi connectivity index (χ0v) is 21.8. The molecular formula is C28H25Cl2NO6. The van der Waals surface area contributed by atoms with Crippen LogP contribution >= 0.6 is 23.2 Å². The molecule has 0 aromatic heterocycles. The lowest BCUT2D eigenvalue weighted by molar-refractivity contribution is -0.139. The Balaban J connectivity index is 1.41.